The predicted octanol–water partition coefficient (Wildman–Crippen LogP) is 2.78. The van der Waals surface area contributed by atoms with Crippen LogP contribution in [0.15, 0.2) is 24.3 Å². The first-order valence-electron chi connectivity index (χ1n) is 6.20. The first-order valence-corrected chi connectivity index (χ1v) is 6.58. The number of ether oxygens (including phenoxy) is 1. The maximum Gasteiger partial charge on any atom is 0.408 e. The number of nitrogens with one attached hydrogen (secondary N) is 1. The van der Waals surface area contributed by atoms with Crippen LogP contribution in [0.25, 0.3) is 0 Å². The molecule has 0 radical (unpaired) electrons. The molecule has 5 nitrogen and oxygen atoms in total. The second kappa shape index (κ2) is 6.61. The van der Waals surface area contributed by atoms with Gasteiger partial charge in [0.25, 0.3) is 0 Å². The molecular formula is C14H19ClN2O3. The van der Waals surface area contributed by atoms with E-state index in [-0.39, 0.29) is 6.42 Å². The highest BCUT2D eigenvalue weighted by molar-refractivity contribution is 6.30. The van der Waals surface area contributed by atoms with Crippen LogP contribution in [0.4, 0.5) is 4.79 Å². The van der Waals surface area contributed by atoms with E-state index in [4.69, 9.17) is 22.1 Å². The number of alkyl carbamates (subject to hydrolysis) is 1. The van der Waals surface area contributed by atoms with E-state index in [1.807, 2.05) is 0 Å². The molecule has 0 heterocycles. The van der Waals surface area contributed by atoms with Gasteiger partial charge < -0.3 is 15.8 Å². The summed E-state index contributed by atoms with van der Waals surface area (Å²) in [7, 11) is 0. The van der Waals surface area contributed by atoms with E-state index >= 15 is 0 Å². The van der Waals surface area contributed by atoms with Crippen LogP contribution in [0.1, 0.15) is 38.8 Å². The first kappa shape index (κ1) is 16.3. The molecule has 2 amide bonds. The minimum atomic E-state index is -0.610. The number of rotatable bonds is 4. The van der Waals surface area contributed by atoms with Gasteiger partial charge in [0.05, 0.1) is 12.5 Å². The highest BCUT2D eigenvalue weighted by Crippen LogP contribution is 2.20. The Bertz CT molecular complexity index is 480. The van der Waals surface area contributed by atoms with Gasteiger partial charge in [0.1, 0.15) is 5.60 Å². The van der Waals surface area contributed by atoms with Gasteiger partial charge in [-0.3, -0.25) is 4.79 Å². The number of primary amides is 1. The van der Waals surface area contributed by atoms with Crippen LogP contribution in [0.2, 0.25) is 5.02 Å². The van der Waals surface area contributed by atoms with Gasteiger partial charge in [-0.1, -0.05) is 23.7 Å². The predicted molar refractivity (Wildman–Crippen MR) is 77.4 cm³/mol. The molecule has 1 aromatic rings. The smallest absolute Gasteiger partial charge is 0.408 e. The first-order chi connectivity index (χ1) is 9.17. The fourth-order valence-electron chi connectivity index (χ4n) is 1.60. The summed E-state index contributed by atoms with van der Waals surface area (Å²) < 4.78 is 5.17. The van der Waals surface area contributed by atoms with Crippen LogP contribution in [0.5, 0.6) is 0 Å². The summed E-state index contributed by atoms with van der Waals surface area (Å²) in [6.07, 6.45) is -0.611. The van der Waals surface area contributed by atoms with E-state index in [1.54, 1.807) is 45.0 Å². The molecule has 1 atom stereocenters. The number of halogens is 1. The van der Waals surface area contributed by atoms with Crippen molar-refractivity contribution in [2.24, 2.45) is 5.73 Å². The lowest BCUT2D eigenvalue weighted by atomic mass is 10.0. The van der Waals surface area contributed by atoms with Crippen molar-refractivity contribution in [3.05, 3.63) is 34.9 Å². The van der Waals surface area contributed by atoms with Crippen molar-refractivity contribution >= 4 is 23.6 Å². The molecule has 0 spiro atoms. The Morgan fingerprint density at radius 1 is 1.30 bits per heavy atom. The Labute approximate surface area is 123 Å². The Kier molecular flexibility index (Phi) is 5.39. The number of amides is 2. The molecule has 110 valence electrons. The number of carbonyl (C=O) groups excluding carboxylic acids is 2. The van der Waals surface area contributed by atoms with E-state index in [0.717, 1.165) is 5.56 Å². The molecule has 0 fully saturated rings. The van der Waals surface area contributed by atoms with Crippen LogP contribution >= 0.6 is 11.6 Å². The van der Waals surface area contributed by atoms with Crippen LogP contribution < -0.4 is 11.1 Å². The molecule has 6 heteroatoms. The molecule has 20 heavy (non-hydrogen) atoms. The number of hydrogen-bond donors (Lipinski definition) is 2. The maximum absolute atomic E-state index is 11.8. The van der Waals surface area contributed by atoms with Crippen LogP contribution in [0.3, 0.4) is 0 Å². The lowest BCUT2D eigenvalue weighted by Gasteiger charge is -2.23. The van der Waals surface area contributed by atoms with E-state index in [0.29, 0.717) is 5.02 Å². The lowest BCUT2D eigenvalue weighted by molar-refractivity contribution is -0.118. The topological polar surface area (TPSA) is 81.4 Å². The molecule has 0 aliphatic heterocycles. The average molecular weight is 299 g/mol. The van der Waals surface area contributed by atoms with Crippen molar-refractivity contribution < 1.29 is 14.3 Å². The number of carbonyl (C=O) groups is 2. The van der Waals surface area contributed by atoms with E-state index in [9.17, 15) is 9.59 Å². The van der Waals surface area contributed by atoms with Gasteiger partial charge in [0.15, 0.2) is 0 Å². The summed E-state index contributed by atoms with van der Waals surface area (Å²) in [4.78, 5) is 22.9. The summed E-state index contributed by atoms with van der Waals surface area (Å²) in [6, 6.07) is 6.28. The molecule has 0 bridgehead atoms. The Hall–Kier alpha value is -1.75. The fourth-order valence-corrected chi connectivity index (χ4v) is 1.72. The largest absolute Gasteiger partial charge is 0.444 e. The normalized spacial score (nSPS) is 12.6. The van der Waals surface area contributed by atoms with Crippen molar-refractivity contribution in [1.82, 2.24) is 5.32 Å². The zero-order valence-corrected chi connectivity index (χ0v) is 12.5. The lowest BCUT2D eigenvalue weighted by Crippen LogP contribution is -2.36. The SMILES string of the molecule is CC(C)(C)OC(=O)NC(CC(N)=O)c1ccc(Cl)cc1. The molecule has 0 aliphatic rings. The highest BCUT2D eigenvalue weighted by Gasteiger charge is 2.21. The van der Waals surface area contributed by atoms with Gasteiger partial charge in [-0.25, -0.2) is 4.79 Å². The van der Waals surface area contributed by atoms with Gasteiger partial charge in [-0.2, -0.15) is 0 Å². The highest BCUT2D eigenvalue weighted by atomic mass is 35.5. The zero-order valence-electron chi connectivity index (χ0n) is 11.8. The van der Waals surface area contributed by atoms with Crippen molar-refractivity contribution in [3.8, 4) is 0 Å². The van der Waals surface area contributed by atoms with Crippen molar-refractivity contribution in [2.45, 2.75) is 38.8 Å². The summed E-state index contributed by atoms with van der Waals surface area (Å²) >= 11 is 5.81. The average Bonchev–Trinajstić information content (AvgIpc) is 2.25. The molecule has 3 N–H and O–H groups in total. The van der Waals surface area contributed by atoms with Gasteiger partial charge in [0, 0.05) is 5.02 Å². The third-order valence-corrected chi connectivity index (χ3v) is 2.62. The van der Waals surface area contributed by atoms with Gasteiger partial charge >= 0.3 is 6.09 Å². The monoisotopic (exact) mass is 298 g/mol. The fraction of sp³-hybridized carbons (Fsp3) is 0.429. The summed E-state index contributed by atoms with van der Waals surface area (Å²) in [5.41, 5.74) is 5.33. The molecular weight excluding hydrogens is 280 g/mol. The Morgan fingerprint density at radius 2 is 1.85 bits per heavy atom. The van der Waals surface area contributed by atoms with Crippen molar-refractivity contribution in [1.29, 1.82) is 0 Å². The Balaban J connectivity index is 2.82. The number of benzene rings is 1. The van der Waals surface area contributed by atoms with Crippen molar-refractivity contribution in [2.75, 3.05) is 0 Å². The minimum absolute atomic E-state index is 0.0130. The number of nitrogens with two attached hydrogens (primary N) is 1. The summed E-state index contributed by atoms with van der Waals surface area (Å²) in [6.45, 7) is 5.29. The van der Waals surface area contributed by atoms with E-state index < -0.39 is 23.6 Å². The zero-order chi connectivity index (χ0) is 15.3. The van der Waals surface area contributed by atoms with Gasteiger partial charge in [-0.15, -0.1) is 0 Å². The van der Waals surface area contributed by atoms with Crippen LogP contribution in [0, 0.1) is 0 Å². The van der Waals surface area contributed by atoms with Crippen molar-refractivity contribution in [3.63, 3.8) is 0 Å². The summed E-state index contributed by atoms with van der Waals surface area (Å²) in [5.74, 6) is -0.513. The molecule has 0 aromatic heterocycles. The molecule has 0 aliphatic carbocycles. The quantitative estimate of drug-likeness (QED) is 0.896. The number of hydrogen-bond acceptors (Lipinski definition) is 3. The third-order valence-electron chi connectivity index (χ3n) is 2.37. The van der Waals surface area contributed by atoms with Crippen LogP contribution in [-0.4, -0.2) is 17.6 Å². The molecule has 1 rings (SSSR count). The molecule has 0 saturated carbocycles. The van der Waals surface area contributed by atoms with E-state index in [2.05, 4.69) is 5.32 Å². The van der Waals surface area contributed by atoms with Gasteiger partial charge in [-0.05, 0) is 38.5 Å². The molecule has 1 aromatic carbocycles. The Morgan fingerprint density at radius 3 is 2.30 bits per heavy atom. The second-order valence-electron chi connectivity index (χ2n) is 5.42. The third kappa shape index (κ3) is 5.93. The minimum Gasteiger partial charge on any atom is -0.444 e. The van der Waals surface area contributed by atoms with Gasteiger partial charge in [0.2, 0.25) is 5.91 Å². The molecule has 0 saturated heterocycles. The summed E-state index contributed by atoms with van der Waals surface area (Å²) in [5, 5.41) is 3.21. The van der Waals surface area contributed by atoms with Crippen LogP contribution in [-0.2, 0) is 9.53 Å². The second-order valence-corrected chi connectivity index (χ2v) is 5.86. The standard InChI is InChI=1S/C14H19ClN2O3/c1-14(2,3)20-13(19)17-11(8-12(16)18)9-4-6-10(15)7-5-9/h4-7,11H,8H2,1-3H3,(H2,16,18)(H,17,19). The molecule has 1 unspecified atom stereocenters. The maximum atomic E-state index is 11.8. The van der Waals surface area contributed by atoms with E-state index in [1.165, 1.54) is 0 Å².